The predicted molar refractivity (Wildman–Crippen MR) is 67.0 cm³/mol. The minimum atomic E-state index is 0.375. The van der Waals surface area contributed by atoms with Crippen LogP contribution in [0.3, 0.4) is 0 Å². The molecule has 0 saturated carbocycles. The van der Waals surface area contributed by atoms with Gasteiger partial charge in [0.15, 0.2) is 0 Å². The van der Waals surface area contributed by atoms with Crippen molar-refractivity contribution < 1.29 is 9.47 Å². The van der Waals surface area contributed by atoms with E-state index >= 15 is 0 Å². The Hall–Kier alpha value is -0.910. The van der Waals surface area contributed by atoms with Crippen LogP contribution in [0.1, 0.15) is 25.1 Å². The molecular formula is C12H23N3O2. The Morgan fingerprint density at radius 1 is 1.41 bits per heavy atom. The minimum absolute atomic E-state index is 0.375. The van der Waals surface area contributed by atoms with E-state index in [4.69, 9.17) is 9.47 Å². The zero-order chi connectivity index (χ0) is 12.5. The number of aromatic nitrogens is 2. The van der Waals surface area contributed by atoms with Gasteiger partial charge in [0.2, 0.25) is 0 Å². The first kappa shape index (κ1) is 14.2. The fraction of sp³-hybridized carbons (Fsp3) is 0.750. The molecular weight excluding hydrogens is 218 g/mol. The highest BCUT2D eigenvalue weighted by Gasteiger charge is 2.08. The number of methoxy groups -OCH3 is 2. The first-order valence-corrected chi connectivity index (χ1v) is 6.02. The molecule has 0 bridgehead atoms. The van der Waals surface area contributed by atoms with Gasteiger partial charge >= 0.3 is 0 Å². The highest BCUT2D eigenvalue weighted by molar-refractivity contribution is 4.97. The molecule has 5 heteroatoms. The normalized spacial score (nSPS) is 12.9. The minimum Gasteiger partial charge on any atom is -0.383 e. The van der Waals surface area contributed by atoms with E-state index < -0.39 is 0 Å². The van der Waals surface area contributed by atoms with E-state index in [0.29, 0.717) is 6.04 Å². The lowest BCUT2D eigenvalue weighted by Gasteiger charge is -2.14. The van der Waals surface area contributed by atoms with Crippen molar-refractivity contribution in [2.24, 2.45) is 0 Å². The largest absolute Gasteiger partial charge is 0.383 e. The maximum atomic E-state index is 5.19. The van der Waals surface area contributed by atoms with Crippen LogP contribution in [0, 0.1) is 0 Å². The molecule has 0 aliphatic heterocycles. The van der Waals surface area contributed by atoms with Crippen molar-refractivity contribution in [2.75, 3.05) is 34.0 Å². The lowest BCUT2D eigenvalue weighted by molar-refractivity contribution is 0.153. The molecule has 0 aliphatic carbocycles. The molecule has 0 radical (unpaired) electrons. The maximum absolute atomic E-state index is 5.19. The molecule has 17 heavy (non-hydrogen) atoms. The average molecular weight is 241 g/mol. The topological polar surface area (TPSA) is 48.3 Å². The Labute approximate surface area is 103 Å². The third-order valence-electron chi connectivity index (χ3n) is 2.70. The number of hydrogen-bond donors (Lipinski definition) is 1. The van der Waals surface area contributed by atoms with Crippen molar-refractivity contribution in [1.29, 1.82) is 0 Å². The average Bonchev–Trinajstić information content (AvgIpc) is 2.80. The van der Waals surface area contributed by atoms with E-state index in [1.54, 1.807) is 14.2 Å². The Kier molecular flexibility index (Phi) is 6.84. The quantitative estimate of drug-likeness (QED) is 0.660. The summed E-state index contributed by atoms with van der Waals surface area (Å²) in [5.41, 5.74) is 1.05. The van der Waals surface area contributed by atoms with Crippen LogP contribution in [0.2, 0.25) is 0 Å². The van der Waals surface area contributed by atoms with Gasteiger partial charge in [0.05, 0.1) is 31.3 Å². The van der Waals surface area contributed by atoms with Crippen LogP contribution in [0.25, 0.3) is 0 Å². The summed E-state index contributed by atoms with van der Waals surface area (Å²) >= 11 is 0. The van der Waals surface area contributed by atoms with Crippen LogP contribution in [-0.4, -0.2) is 43.5 Å². The van der Waals surface area contributed by atoms with Gasteiger partial charge in [0, 0.05) is 33.5 Å². The third-order valence-corrected chi connectivity index (χ3v) is 2.70. The molecule has 0 fully saturated rings. The van der Waals surface area contributed by atoms with E-state index in [1.165, 1.54) is 0 Å². The molecule has 0 saturated heterocycles. The van der Waals surface area contributed by atoms with Gasteiger partial charge in [-0.05, 0) is 6.42 Å². The molecule has 1 aromatic rings. The van der Waals surface area contributed by atoms with E-state index in [1.807, 2.05) is 6.33 Å². The molecule has 1 N–H and O–H groups in total. The van der Waals surface area contributed by atoms with Crippen LogP contribution in [0.4, 0.5) is 0 Å². The second-order valence-electron chi connectivity index (χ2n) is 4.00. The summed E-state index contributed by atoms with van der Waals surface area (Å²) in [6, 6.07) is 0.375. The fourth-order valence-electron chi connectivity index (χ4n) is 1.67. The second kappa shape index (κ2) is 8.22. The third kappa shape index (κ3) is 4.85. The van der Waals surface area contributed by atoms with Gasteiger partial charge < -0.3 is 19.4 Å². The van der Waals surface area contributed by atoms with Crippen molar-refractivity contribution in [2.45, 2.75) is 25.9 Å². The van der Waals surface area contributed by atoms with Crippen molar-refractivity contribution in [3.05, 3.63) is 18.2 Å². The van der Waals surface area contributed by atoms with Crippen molar-refractivity contribution in [3.63, 3.8) is 0 Å². The first-order chi connectivity index (χ1) is 8.31. The number of hydrogen-bond acceptors (Lipinski definition) is 4. The van der Waals surface area contributed by atoms with E-state index in [9.17, 15) is 0 Å². The smallest absolute Gasteiger partial charge is 0.0953 e. The van der Waals surface area contributed by atoms with Crippen LogP contribution >= 0.6 is 0 Å². The van der Waals surface area contributed by atoms with E-state index in [0.717, 1.165) is 38.4 Å². The van der Waals surface area contributed by atoms with Crippen molar-refractivity contribution in [1.82, 2.24) is 14.9 Å². The number of nitrogens with zero attached hydrogens (tertiary/aromatic N) is 2. The Bertz CT molecular complexity index is 302. The van der Waals surface area contributed by atoms with Crippen LogP contribution in [0.15, 0.2) is 12.5 Å². The highest BCUT2D eigenvalue weighted by atomic mass is 16.5. The molecule has 0 aliphatic rings. The predicted octanol–water partition coefficient (Wildman–Crippen LogP) is 1.22. The fourth-order valence-corrected chi connectivity index (χ4v) is 1.67. The van der Waals surface area contributed by atoms with Gasteiger partial charge in [0.25, 0.3) is 0 Å². The number of imidazole rings is 1. The summed E-state index contributed by atoms with van der Waals surface area (Å²) < 4.78 is 12.3. The molecule has 98 valence electrons. The summed E-state index contributed by atoms with van der Waals surface area (Å²) in [6.45, 7) is 5.23. The van der Waals surface area contributed by atoms with Crippen molar-refractivity contribution in [3.8, 4) is 0 Å². The first-order valence-electron chi connectivity index (χ1n) is 6.02. The summed E-state index contributed by atoms with van der Waals surface area (Å²) in [7, 11) is 3.43. The number of ether oxygens (including phenoxy) is 2. The number of nitrogens with one attached hydrogen (secondary N) is 1. The zero-order valence-electron chi connectivity index (χ0n) is 11.0. The molecule has 1 heterocycles. The molecule has 1 atom stereocenters. The lowest BCUT2D eigenvalue weighted by Crippen LogP contribution is -2.18. The highest BCUT2D eigenvalue weighted by Crippen LogP contribution is 2.12. The summed E-state index contributed by atoms with van der Waals surface area (Å²) in [5.74, 6) is 0. The summed E-state index contributed by atoms with van der Waals surface area (Å²) in [5, 5.41) is 3.27. The maximum Gasteiger partial charge on any atom is 0.0953 e. The van der Waals surface area contributed by atoms with Gasteiger partial charge in [-0.3, -0.25) is 0 Å². The number of rotatable bonds is 9. The van der Waals surface area contributed by atoms with Gasteiger partial charge in [0.1, 0.15) is 0 Å². The molecule has 5 nitrogen and oxygen atoms in total. The summed E-state index contributed by atoms with van der Waals surface area (Å²) in [6.07, 6.45) is 4.99. The Morgan fingerprint density at radius 2 is 2.24 bits per heavy atom. The molecule has 1 unspecified atom stereocenters. The molecule has 1 aromatic heterocycles. The summed E-state index contributed by atoms with van der Waals surface area (Å²) in [4.78, 5) is 4.37. The van der Waals surface area contributed by atoms with Gasteiger partial charge in [-0.15, -0.1) is 0 Å². The molecule has 0 aromatic carbocycles. The Balaban J connectivity index is 2.40. The van der Waals surface area contributed by atoms with Crippen molar-refractivity contribution >= 4 is 0 Å². The zero-order valence-corrected chi connectivity index (χ0v) is 11.0. The van der Waals surface area contributed by atoms with E-state index in [2.05, 4.69) is 28.0 Å². The monoisotopic (exact) mass is 241 g/mol. The van der Waals surface area contributed by atoms with Crippen LogP contribution in [0.5, 0.6) is 0 Å². The van der Waals surface area contributed by atoms with Crippen LogP contribution < -0.4 is 5.32 Å². The lowest BCUT2D eigenvalue weighted by atomic mass is 10.2. The molecule has 0 amide bonds. The molecule has 0 spiro atoms. The van der Waals surface area contributed by atoms with Gasteiger partial charge in [-0.2, -0.15) is 0 Å². The van der Waals surface area contributed by atoms with Gasteiger partial charge in [-0.1, -0.05) is 6.92 Å². The standard InChI is InChI=1S/C12H23N3O2/c1-4-12(9-17-3)15-8-11(14-10-15)7-13-5-6-16-2/h8,10,12-13H,4-7,9H2,1-3H3. The molecule has 1 rings (SSSR count). The Morgan fingerprint density at radius 3 is 2.88 bits per heavy atom. The van der Waals surface area contributed by atoms with E-state index in [-0.39, 0.29) is 0 Å². The SMILES string of the molecule is CCC(COC)n1cnc(CNCCOC)c1. The second-order valence-corrected chi connectivity index (χ2v) is 4.00. The van der Waals surface area contributed by atoms with Gasteiger partial charge in [-0.25, -0.2) is 4.98 Å². The van der Waals surface area contributed by atoms with Crippen LogP contribution in [-0.2, 0) is 16.0 Å².